The van der Waals surface area contributed by atoms with Gasteiger partial charge in [-0.1, -0.05) is 6.04 Å². The lowest BCUT2D eigenvalue weighted by atomic mass is 9.92. The van der Waals surface area contributed by atoms with Gasteiger partial charge in [0.1, 0.15) is 11.6 Å². The Morgan fingerprint density at radius 2 is 2.33 bits per heavy atom. The van der Waals surface area contributed by atoms with E-state index < -0.39 is 78.0 Å². The van der Waals surface area contributed by atoms with E-state index in [4.69, 9.17) is 16.7 Å². The van der Waals surface area contributed by atoms with Crippen molar-refractivity contribution < 1.29 is 20.6 Å². The fraction of sp³-hybridized carbons (Fsp3) is 0.333. The summed E-state index contributed by atoms with van der Waals surface area (Å²) in [6, 6.07) is -2.07. The normalized spacial score (nSPS) is 31.2. The minimum absolute atomic E-state index is 0.299. The zero-order valence-corrected chi connectivity index (χ0v) is 10.6. The summed E-state index contributed by atoms with van der Waals surface area (Å²) >= 11 is 0. The summed E-state index contributed by atoms with van der Waals surface area (Å²) in [5.74, 6) is -3.04. The van der Waals surface area contributed by atoms with Crippen LogP contribution < -0.4 is 11.3 Å². The summed E-state index contributed by atoms with van der Waals surface area (Å²) in [5, 5.41) is -0.443. The number of nitrogens with two attached hydrogens (primary N) is 1. The van der Waals surface area contributed by atoms with Crippen LogP contribution in [0.3, 0.4) is 0 Å². The van der Waals surface area contributed by atoms with E-state index >= 15 is 0 Å². The molecule has 1 aromatic carbocycles. The molecule has 2 atom stereocenters. The second-order valence-electron chi connectivity index (χ2n) is 4.53. The number of nitrogens with zero attached hydrogens (tertiary/aromatic N) is 2. The zero-order chi connectivity index (χ0) is 22.0. The third kappa shape index (κ3) is 2.12. The van der Waals surface area contributed by atoms with Gasteiger partial charge < -0.3 is 5.73 Å². The molecule has 0 radical (unpaired) electrons. The SMILES string of the molecule is [2H]c1cc(N)c2c(=O)n(C3C(=O)CC(=O)C([2H])C3([2H])[2H])c(C([2H])([2H])[2H])nc2c1[2H]. The number of rotatable bonds is 1. The first kappa shape index (κ1) is 6.98. The summed E-state index contributed by atoms with van der Waals surface area (Å²) in [6.07, 6.45) is -5.75. The molecule has 0 amide bonds. The number of carbonyl (C=O) groups is 2. The summed E-state index contributed by atoms with van der Waals surface area (Å²) in [7, 11) is 0. The van der Waals surface area contributed by atoms with Gasteiger partial charge in [0.05, 0.1) is 26.1 Å². The van der Waals surface area contributed by atoms with Crippen molar-refractivity contribution in [1.82, 2.24) is 9.55 Å². The molecule has 0 bridgehead atoms. The number of ketones is 2. The monoisotopic (exact) mass is 293 g/mol. The molecule has 1 fully saturated rings. The molecule has 1 aliphatic carbocycles. The highest BCUT2D eigenvalue weighted by molar-refractivity contribution is 6.03. The maximum Gasteiger partial charge on any atom is 0.264 e. The molecule has 1 saturated carbocycles. The van der Waals surface area contributed by atoms with Crippen LogP contribution in [0.4, 0.5) is 5.69 Å². The molecular formula is C15H15N3O3. The number of fused-ring (bicyclic) bond motifs is 1. The standard InChI is InChI=1S/C15H15N3O3/c1-8-17-11-4-2-3-10(16)14(11)15(21)18(8)12-6-5-9(19)7-13(12)20/h2-4,12H,5-7,16H2,1H3/i1D3,2D,4D,5D,6D2. The quantitative estimate of drug-likeness (QED) is 0.628. The van der Waals surface area contributed by atoms with Crippen molar-refractivity contribution in [2.24, 2.45) is 0 Å². The van der Waals surface area contributed by atoms with Gasteiger partial charge in [0.25, 0.3) is 5.56 Å². The average Bonchev–Trinajstić information content (AvgIpc) is 2.57. The number of nitrogen functional groups attached to an aromatic ring is 1. The predicted molar refractivity (Wildman–Crippen MR) is 78.1 cm³/mol. The third-order valence-electron chi connectivity index (χ3n) is 3.14. The Kier molecular flexibility index (Phi) is 1.59. The van der Waals surface area contributed by atoms with Crippen LogP contribution in [0.5, 0.6) is 0 Å². The van der Waals surface area contributed by atoms with E-state index in [0.29, 0.717) is 4.57 Å². The van der Waals surface area contributed by atoms with Gasteiger partial charge in [-0.25, -0.2) is 4.98 Å². The number of aromatic nitrogens is 2. The fourth-order valence-corrected chi connectivity index (χ4v) is 2.18. The number of benzene rings is 1. The number of carbonyl (C=O) groups excluding carboxylic acids is 2. The number of Topliss-reactive ketones (excluding diaryl/α,β-unsaturated/α-hetero) is 2. The van der Waals surface area contributed by atoms with Crippen LogP contribution in [0.25, 0.3) is 10.9 Å². The van der Waals surface area contributed by atoms with E-state index in [1.165, 1.54) is 0 Å². The predicted octanol–water partition coefficient (Wildman–Crippen LogP) is 1.15. The second kappa shape index (κ2) is 4.80. The highest BCUT2D eigenvalue weighted by Gasteiger charge is 2.30. The largest absolute Gasteiger partial charge is 0.398 e. The summed E-state index contributed by atoms with van der Waals surface area (Å²) < 4.78 is 63.0. The van der Waals surface area contributed by atoms with Gasteiger partial charge in [-0.05, 0) is 25.3 Å². The molecule has 1 aliphatic rings. The maximum atomic E-state index is 13.2. The van der Waals surface area contributed by atoms with E-state index in [0.717, 1.165) is 6.07 Å². The van der Waals surface area contributed by atoms with Crippen LogP contribution in [-0.4, -0.2) is 21.1 Å². The number of anilines is 1. The Balaban J connectivity index is 2.50. The minimum atomic E-state index is -3.11. The van der Waals surface area contributed by atoms with Crippen LogP contribution >= 0.6 is 0 Å². The van der Waals surface area contributed by atoms with Gasteiger partial charge in [0.2, 0.25) is 0 Å². The van der Waals surface area contributed by atoms with E-state index in [-0.39, 0.29) is 5.69 Å². The highest BCUT2D eigenvalue weighted by atomic mass is 16.2. The zero-order valence-electron chi connectivity index (χ0n) is 18.6. The van der Waals surface area contributed by atoms with Crippen molar-refractivity contribution in [1.29, 1.82) is 0 Å². The van der Waals surface area contributed by atoms with Crippen molar-refractivity contribution in [2.45, 2.75) is 32.1 Å². The number of hydrogen-bond acceptors (Lipinski definition) is 5. The molecule has 2 N–H and O–H groups in total. The van der Waals surface area contributed by atoms with Crippen molar-refractivity contribution >= 4 is 28.2 Å². The molecule has 0 aliphatic heterocycles. The van der Waals surface area contributed by atoms with Crippen molar-refractivity contribution in [3.8, 4) is 0 Å². The first-order valence-electron chi connectivity index (χ1n) is 10.1. The molecule has 1 heterocycles. The van der Waals surface area contributed by atoms with E-state index in [1.54, 1.807) is 0 Å². The Morgan fingerprint density at radius 3 is 3.10 bits per heavy atom. The molecule has 6 heteroatoms. The van der Waals surface area contributed by atoms with Crippen LogP contribution in [0.1, 0.15) is 42.0 Å². The van der Waals surface area contributed by atoms with Crippen LogP contribution in [0, 0.1) is 6.85 Å². The Labute approximate surface area is 131 Å². The molecule has 2 unspecified atom stereocenters. The minimum Gasteiger partial charge on any atom is -0.398 e. The van der Waals surface area contributed by atoms with Gasteiger partial charge in [-0.3, -0.25) is 19.0 Å². The van der Waals surface area contributed by atoms with Crippen LogP contribution in [-0.2, 0) is 9.59 Å². The Morgan fingerprint density at radius 1 is 1.52 bits per heavy atom. The second-order valence-corrected chi connectivity index (χ2v) is 4.53. The molecule has 0 spiro atoms. The molecule has 2 aromatic rings. The first-order chi connectivity index (χ1) is 13.2. The van der Waals surface area contributed by atoms with Crippen molar-refractivity contribution in [3.63, 3.8) is 0 Å². The van der Waals surface area contributed by atoms with Gasteiger partial charge >= 0.3 is 0 Å². The van der Waals surface area contributed by atoms with Gasteiger partial charge in [-0.15, -0.1) is 0 Å². The lowest BCUT2D eigenvalue weighted by molar-refractivity contribution is -0.132. The number of hydrogen-bond donors (Lipinski definition) is 1. The van der Waals surface area contributed by atoms with Crippen molar-refractivity contribution in [3.05, 3.63) is 34.3 Å². The molecular weight excluding hydrogens is 270 g/mol. The molecule has 6 nitrogen and oxygen atoms in total. The van der Waals surface area contributed by atoms with Crippen LogP contribution in [0.2, 0.25) is 0 Å². The molecule has 108 valence electrons. The van der Waals surface area contributed by atoms with Gasteiger partial charge in [0, 0.05) is 20.3 Å². The van der Waals surface area contributed by atoms with E-state index in [9.17, 15) is 14.4 Å². The molecule has 0 saturated heterocycles. The fourth-order valence-electron chi connectivity index (χ4n) is 2.18. The van der Waals surface area contributed by atoms with Gasteiger partial charge in [-0.2, -0.15) is 0 Å². The summed E-state index contributed by atoms with van der Waals surface area (Å²) in [6.45, 7) is -3.11. The highest BCUT2D eigenvalue weighted by Crippen LogP contribution is 2.24. The van der Waals surface area contributed by atoms with Crippen LogP contribution in [0.15, 0.2) is 22.9 Å². The smallest absolute Gasteiger partial charge is 0.264 e. The van der Waals surface area contributed by atoms with E-state index in [2.05, 4.69) is 4.98 Å². The lowest BCUT2D eigenvalue weighted by Crippen LogP contribution is -2.36. The lowest BCUT2D eigenvalue weighted by Gasteiger charge is -2.24. The van der Waals surface area contributed by atoms with E-state index in [1.807, 2.05) is 0 Å². The average molecular weight is 293 g/mol. The topological polar surface area (TPSA) is 95.0 Å². The summed E-state index contributed by atoms with van der Waals surface area (Å²) in [4.78, 5) is 41.3. The Hall–Kier alpha value is -2.50. The maximum absolute atomic E-state index is 13.2. The Bertz CT molecular complexity index is 1120. The molecule has 21 heavy (non-hydrogen) atoms. The van der Waals surface area contributed by atoms with Crippen molar-refractivity contribution in [2.75, 3.05) is 5.73 Å². The third-order valence-corrected chi connectivity index (χ3v) is 3.14. The van der Waals surface area contributed by atoms with Gasteiger partial charge in [0.15, 0.2) is 5.78 Å². The summed E-state index contributed by atoms with van der Waals surface area (Å²) in [5.41, 5.74) is 3.80. The molecule has 1 aromatic heterocycles. The first-order valence-corrected chi connectivity index (χ1v) is 5.99. The molecule has 3 rings (SSSR count). The number of aryl methyl sites for hydroxylation is 1.